The van der Waals surface area contributed by atoms with Crippen LogP contribution in [-0.2, 0) is 11.0 Å². The van der Waals surface area contributed by atoms with E-state index in [-0.39, 0.29) is 28.9 Å². The van der Waals surface area contributed by atoms with Gasteiger partial charge in [0.1, 0.15) is 6.04 Å². The van der Waals surface area contributed by atoms with Gasteiger partial charge in [-0.15, -0.1) is 0 Å². The smallest absolute Gasteiger partial charge is 0.416 e. The second-order valence-corrected chi connectivity index (χ2v) is 6.28. The molecule has 2 atom stereocenters. The molecule has 0 bridgehead atoms. The third kappa shape index (κ3) is 4.18. The van der Waals surface area contributed by atoms with Crippen LogP contribution in [0.3, 0.4) is 0 Å². The molecule has 1 saturated heterocycles. The first-order valence-electron chi connectivity index (χ1n) is 6.70. The van der Waals surface area contributed by atoms with Crippen molar-refractivity contribution in [2.24, 2.45) is 0 Å². The molecule has 0 unspecified atom stereocenters. The Morgan fingerprint density at radius 2 is 2.04 bits per heavy atom. The number of carboxylic acid groups (broad SMARTS) is 1. The number of benzene rings is 1. The van der Waals surface area contributed by atoms with E-state index in [1.54, 1.807) is 0 Å². The molecule has 3 N–H and O–H groups in total. The molecule has 0 aromatic heterocycles. The summed E-state index contributed by atoms with van der Waals surface area (Å²) in [6, 6.07) is 1.61. The molecule has 1 aliphatic heterocycles. The SMILES string of the molecule is O=C(NNc1cc(C(F)(F)F)ccc1Cl)[C@@H]1C[C@H](S)CN1C(=O)O. The Morgan fingerprint density at radius 3 is 2.62 bits per heavy atom. The van der Waals surface area contributed by atoms with Gasteiger partial charge in [0.2, 0.25) is 0 Å². The van der Waals surface area contributed by atoms with Crippen LogP contribution in [0.15, 0.2) is 18.2 Å². The molecular weight excluding hydrogens is 371 g/mol. The molecule has 1 heterocycles. The first-order chi connectivity index (χ1) is 11.1. The third-order valence-electron chi connectivity index (χ3n) is 3.44. The number of halogens is 4. The number of anilines is 1. The van der Waals surface area contributed by atoms with E-state index in [9.17, 15) is 22.8 Å². The summed E-state index contributed by atoms with van der Waals surface area (Å²) >= 11 is 9.94. The largest absolute Gasteiger partial charge is 0.465 e. The van der Waals surface area contributed by atoms with Gasteiger partial charge in [-0.3, -0.25) is 20.5 Å². The quantitative estimate of drug-likeness (QED) is 0.478. The molecule has 0 saturated carbocycles. The number of alkyl halides is 3. The molecule has 1 aliphatic rings. The maximum Gasteiger partial charge on any atom is 0.416 e. The van der Waals surface area contributed by atoms with Gasteiger partial charge < -0.3 is 5.11 Å². The number of amides is 2. The Balaban J connectivity index is 2.08. The number of carbonyl (C=O) groups excluding carboxylic acids is 1. The molecule has 11 heteroatoms. The Hall–Kier alpha value is -1.81. The fraction of sp³-hybridized carbons (Fsp3) is 0.385. The lowest BCUT2D eigenvalue weighted by atomic mass is 10.2. The summed E-state index contributed by atoms with van der Waals surface area (Å²) in [7, 11) is 0. The van der Waals surface area contributed by atoms with Gasteiger partial charge in [0.05, 0.1) is 16.3 Å². The Labute approximate surface area is 145 Å². The van der Waals surface area contributed by atoms with Gasteiger partial charge in [0.15, 0.2) is 0 Å². The van der Waals surface area contributed by atoms with Crippen LogP contribution in [0, 0.1) is 0 Å². The monoisotopic (exact) mass is 383 g/mol. The number of hydrazine groups is 1. The van der Waals surface area contributed by atoms with E-state index in [0.29, 0.717) is 0 Å². The van der Waals surface area contributed by atoms with E-state index < -0.39 is 29.8 Å². The minimum atomic E-state index is -4.56. The summed E-state index contributed by atoms with van der Waals surface area (Å²) in [6.45, 7) is 0.0842. The summed E-state index contributed by atoms with van der Waals surface area (Å²) < 4.78 is 38.1. The molecule has 1 fully saturated rings. The first kappa shape index (κ1) is 18.5. The topological polar surface area (TPSA) is 81.7 Å². The lowest BCUT2D eigenvalue weighted by Gasteiger charge is -2.21. The highest BCUT2D eigenvalue weighted by molar-refractivity contribution is 7.81. The summed E-state index contributed by atoms with van der Waals surface area (Å²) in [4.78, 5) is 24.1. The van der Waals surface area contributed by atoms with Gasteiger partial charge in [-0.05, 0) is 24.6 Å². The van der Waals surface area contributed by atoms with E-state index in [0.717, 1.165) is 23.1 Å². The molecule has 2 rings (SSSR count). The van der Waals surface area contributed by atoms with Crippen molar-refractivity contribution >= 4 is 41.9 Å². The number of nitrogens with zero attached hydrogens (tertiary/aromatic N) is 1. The standard InChI is InChI=1S/C13H13ClF3N3O3S/c14-8-2-1-6(13(15,16)17)3-9(8)18-19-11(21)10-4-7(24)5-20(10)12(22)23/h1-3,7,10,18,24H,4-5H2,(H,19,21)(H,22,23)/t7-,10-/m0/s1. The highest BCUT2D eigenvalue weighted by Gasteiger charge is 2.38. The molecule has 0 spiro atoms. The Kier molecular flexibility index (Phi) is 5.38. The van der Waals surface area contributed by atoms with Gasteiger partial charge >= 0.3 is 12.3 Å². The molecule has 0 radical (unpaired) electrons. The average molecular weight is 384 g/mol. The van der Waals surface area contributed by atoms with Gasteiger partial charge in [0.25, 0.3) is 5.91 Å². The summed E-state index contributed by atoms with van der Waals surface area (Å²) in [5.74, 6) is -0.706. The maximum atomic E-state index is 12.7. The van der Waals surface area contributed by atoms with E-state index in [4.69, 9.17) is 16.7 Å². The van der Waals surface area contributed by atoms with Crippen LogP contribution in [0.4, 0.5) is 23.7 Å². The van der Waals surface area contributed by atoms with Gasteiger partial charge in [-0.1, -0.05) is 11.6 Å². The number of likely N-dealkylation sites (tertiary alicyclic amines) is 1. The average Bonchev–Trinajstić information content (AvgIpc) is 2.87. The summed E-state index contributed by atoms with van der Waals surface area (Å²) in [5.41, 5.74) is 3.40. The second-order valence-electron chi connectivity index (χ2n) is 5.15. The first-order valence-corrected chi connectivity index (χ1v) is 7.59. The molecule has 132 valence electrons. The molecule has 0 aliphatic carbocycles. The molecule has 1 aromatic carbocycles. The van der Waals surface area contributed by atoms with E-state index in [1.807, 2.05) is 0 Å². The molecule has 6 nitrogen and oxygen atoms in total. The number of thiol groups is 1. The molecule has 2 amide bonds. The van der Waals surface area contributed by atoms with Crippen molar-refractivity contribution in [1.29, 1.82) is 0 Å². The van der Waals surface area contributed by atoms with E-state index in [1.165, 1.54) is 0 Å². The second kappa shape index (κ2) is 6.98. The number of carbonyl (C=O) groups is 2. The van der Waals surface area contributed by atoms with Gasteiger partial charge in [0, 0.05) is 11.8 Å². The summed E-state index contributed by atoms with van der Waals surface area (Å²) in [6.07, 6.45) is -5.64. The summed E-state index contributed by atoms with van der Waals surface area (Å²) in [5, 5.41) is 8.72. The van der Waals surface area contributed by atoms with E-state index >= 15 is 0 Å². The number of hydrogen-bond donors (Lipinski definition) is 4. The van der Waals surface area contributed by atoms with Crippen LogP contribution < -0.4 is 10.9 Å². The van der Waals surface area contributed by atoms with Crippen molar-refractivity contribution in [3.8, 4) is 0 Å². The van der Waals surface area contributed by atoms with Crippen molar-refractivity contribution in [1.82, 2.24) is 10.3 Å². The Morgan fingerprint density at radius 1 is 1.38 bits per heavy atom. The third-order valence-corrected chi connectivity index (χ3v) is 4.15. The van der Waals surface area contributed by atoms with Crippen LogP contribution >= 0.6 is 24.2 Å². The zero-order valence-electron chi connectivity index (χ0n) is 12.0. The minimum absolute atomic E-state index is 0.0307. The number of nitrogens with one attached hydrogen (secondary N) is 2. The van der Waals surface area contributed by atoms with E-state index in [2.05, 4.69) is 23.5 Å². The van der Waals surface area contributed by atoms with Crippen molar-refractivity contribution in [2.45, 2.75) is 23.9 Å². The zero-order chi connectivity index (χ0) is 18.1. The van der Waals surface area contributed by atoms with Crippen molar-refractivity contribution in [3.63, 3.8) is 0 Å². The molecular formula is C13H13ClF3N3O3S. The predicted molar refractivity (Wildman–Crippen MR) is 84.1 cm³/mol. The maximum absolute atomic E-state index is 12.7. The lowest BCUT2D eigenvalue weighted by Crippen LogP contribution is -2.47. The Bertz CT molecular complexity index is 659. The van der Waals surface area contributed by atoms with Crippen molar-refractivity contribution in [2.75, 3.05) is 12.0 Å². The fourth-order valence-corrected chi connectivity index (χ4v) is 2.82. The number of hydrogen-bond acceptors (Lipinski definition) is 4. The molecule has 24 heavy (non-hydrogen) atoms. The van der Waals surface area contributed by atoms with Crippen LogP contribution in [0.1, 0.15) is 12.0 Å². The highest BCUT2D eigenvalue weighted by Crippen LogP contribution is 2.33. The lowest BCUT2D eigenvalue weighted by molar-refractivity contribution is -0.137. The molecule has 1 aromatic rings. The highest BCUT2D eigenvalue weighted by atomic mass is 35.5. The van der Waals surface area contributed by atoms with Crippen LogP contribution in [0.5, 0.6) is 0 Å². The normalized spacial score (nSPS) is 20.8. The van der Waals surface area contributed by atoms with Gasteiger partial charge in [-0.25, -0.2) is 4.79 Å². The minimum Gasteiger partial charge on any atom is -0.465 e. The number of rotatable bonds is 3. The van der Waals surface area contributed by atoms with Crippen LogP contribution in [-0.4, -0.2) is 39.8 Å². The van der Waals surface area contributed by atoms with Gasteiger partial charge in [-0.2, -0.15) is 25.8 Å². The van der Waals surface area contributed by atoms with Crippen LogP contribution in [0.25, 0.3) is 0 Å². The zero-order valence-corrected chi connectivity index (χ0v) is 13.6. The fourth-order valence-electron chi connectivity index (χ4n) is 2.28. The van der Waals surface area contributed by atoms with Crippen molar-refractivity contribution < 1.29 is 27.9 Å². The van der Waals surface area contributed by atoms with Crippen LogP contribution in [0.2, 0.25) is 5.02 Å². The van der Waals surface area contributed by atoms with Crippen molar-refractivity contribution in [3.05, 3.63) is 28.8 Å². The predicted octanol–water partition coefficient (Wildman–Crippen LogP) is 2.85.